The number of halogens is 1. The Balaban J connectivity index is 2.26. The quantitative estimate of drug-likeness (QED) is 0.828. The van der Waals surface area contributed by atoms with Gasteiger partial charge in [-0.3, -0.25) is 9.36 Å². The van der Waals surface area contributed by atoms with E-state index in [0.717, 1.165) is 12.4 Å². The second-order valence-electron chi connectivity index (χ2n) is 4.22. The molecule has 2 rings (SSSR count). The lowest BCUT2D eigenvalue weighted by molar-refractivity contribution is 0.437. The molecule has 1 fully saturated rings. The molecule has 0 atom stereocenters. The van der Waals surface area contributed by atoms with Gasteiger partial charge in [0.15, 0.2) is 0 Å². The van der Waals surface area contributed by atoms with Crippen LogP contribution in [-0.4, -0.2) is 9.55 Å². The number of hydrogen-bond donors (Lipinski definition) is 0. The molecule has 1 aliphatic rings. The molecule has 15 heavy (non-hydrogen) atoms. The summed E-state index contributed by atoms with van der Waals surface area (Å²) in [4.78, 5) is 16.1. The van der Waals surface area contributed by atoms with Gasteiger partial charge >= 0.3 is 0 Å². The van der Waals surface area contributed by atoms with Crippen LogP contribution in [0.4, 0.5) is 0 Å². The first kappa shape index (κ1) is 10.9. The highest BCUT2D eigenvalue weighted by molar-refractivity contribution is 9.10. The molecule has 4 heteroatoms. The molecule has 1 saturated carbocycles. The van der Waals surface area contributed by atoms with Crippen molar-refractivity contribution in [3.63, 3.8) is 0 Å². The molecule has 0 radical (unpaired) electrons. The van der Waals surface area contributed by atoms with Gasteiger partial charge in [0.25, 0.3) is 5.56 Å². The summed E-state index contributed by atoms with van der Waals surface area (Å²) in [6.45, 7) is 2.72. The molecule has 0 N–H and O–H groups in total. The largest absolute Gasteiger partial charge is 0.296 e. The summed E-state index contributed by atoms with van der Waals surface area (Å²) in [7, 11) is 0. The molecule has 3 nitrogen and oxygen atoms in total. The fraction of sp³-hybridized carbons (Fsp3) is 0.636. The minimum atomic E-state index is 0.0504. The lowest BCUT2D eigenvalue weighted by atomic mass is 10.1. The van der Waals surface area contributed by atoms with Crippen molar-refractivity contribution < 1.29 is 0 Å². The number of nitrogens with zero attached hydrogens (tertiary/aromatic N) is 2. The summed E-state index contributed by atoms with van der Waals surface area (Å²) >= 11 is 3.23. The molecule has 1 aliphatic carbocycles. The van der Waals surface area contributed by atoms with Crippen LogP contribution in [0.1, 0.15) is 31.5 Å². The van der Waals surface area contributed by atoms with E-state index >= 15 is 0 Å². The Hall–Kier alpha value is -0.640. The molecule has 1 aromatic heterocycles. The second kappa shape index (κ2) is 4.47. The van der Waals surface area contributed by atoms with Gasteiger partial charge in [-0.05, 0) is 41.6 Å². The van der Waals surface area contributed by atoms with E-state index in [9.17, 15) is 4.79 Å². The minimum absolute atomic E-state index is 0.0504. The van der Waals surface area contributed by atoms with Crippen LogP contribution in [-0.2, 0) is 6.54 Å². The fourth-order valence-corrected chi connectivity index (χ4v) is 2.53. The summed E-state index contributed by atoms with van der Waals surface area (Å²) in [5.41, 5.74) is 0.0504. The Kier molecular flexibility index (Phi) is 3.24. The van der Waals surface area contributed by atoms with Crippen molar-refractivity contribution in [2.24, 2.45) is 5.92 Å². The molecule has 0 aliphatic heterocycles. The zero-order chi connectivity index (χ0) is 10.8. The van der Waals surface area contributed by atoms with Crippen LogP contribution in [0.5, 0.6) is 0 Å². The van der Waals surface area contributed by atoms with E-state index in [2.05, 4.69) is 20.9 Å². The smallest absolute Gasteiger partial charge is 0.267 e. The van der Waals surface area contributed by atoms with Crippen LogP contribution in [0.25, 0.3) is 0 Å². The minimum Gasteiger partial charge on any atom is -0.296 e. The molecule has 0 unspecified atom stereocenters. The van der Waals surface area contributed by atoms with Gasteiger partial charge in [0.2, 0.25) is 0 Å². The molecule has 1 heterocycles. The van der Waals surface area contributed by atoms with Crippen molar-refractivity contribution in [2.45, 2.75) is 39.2 Å². The van der Waals surface area contributed by atoms with E-state index < -0.39 is 0 Å². The Morgan fingerprint density at radius 2 is 2.20 bits per heavy atom. The maximum absolute atomic E-state index is 11.9. The highest BCUT2D eigenvalue weighted by Gasteiger charge is 2.17. The first-order chi connectivity index (χ1) is 7.18. The Morgan fingerprint density at radius 3 is 2.87 bits per heavy atom. The molecule has 0 aromatic carbocycles. The zero-order valence-corrected chi connectivity index (χ0v) is 10.5. The summed E-state index contributed by atoms with van der Waals surface area (Å²) in [6, 6.07) is 0. The molecular formula is C11H15BrN2O. The normalized spacial score (nSPS) is 17.2. The van der Waals surface area contributed by atoms with Crippen LogP contribution in [0.2, 0.25) is 0 Å². The summed E-state index contributed by atoms with van der Waals surface area (Å²) in [5, 5.41) is 0. The molecule has 0 amide bonds. The van der Waals surface area contributed by atoms with Gasteiger partial charge in [0.1, 0.15) is 10.3 Å². The van der Waals surface area contributed by atoms with Crippen LogP contribution >= 0.6 is 15.9 Å². The average molecular weight is 271 g/mol. The van der Waals surface area contributed by atoms with Crippen molar-refractivity contribution in [3.05, 3.63) is 26.8 Å². The van der Waals surface area contributed by atoms with Crippen molar-refractivity contribution in [1.29, 1.82) is 0 Å². The number of aryl methyl sites for hydroxylation is 1. The van der Waals surface area contributed by atoms with Gasteiger partial charge in [-0.2, -0.15) is 0 Å². The van der Waals surface area contributed by atoms with Gasteiger partial charge in [0, 0.05) is 12.7 Å². The first-order valence-corrected chi connectivity index (χ1v) is 6.19. The zero-order valence-electron chi connectivity index (χ0n) is 8.87. The number of rotatable bonds is 2. The van der Waals surface area contributed by atoms with Crippen molar-refractivity contribution >= 4 is 15.9 Å². The summed E-state index contributed by atoms with van der Waals surface area (Å²) in [6.07, 6.45) is 6.69. The standard InChI is InChI=1S/C11H15BrN2O/c1-8-13-6-10(12)11(15)14(8)7-9-4-2-3-5-9/h6,9H,2-5,7H2,1H3. The lowest BCUT2D eigenvalue weighted by Gasteiger charge is -2.13. The highest BCUT2D eigenvalue weighted by Crippen LogP contribution is 2.25. The van der Waals surface area contributed by atoms with E-state index in [1.165, 1.54) is 25.7 Å². The molecule has 0 bridgehead atoms. The maximum atomic E-state index is 11.9. The molecule has 0 spiro atoms. The van der Waals surface area contributed by atoms with Gasteiger partial charge in [-0.1, -0.05) is 12.8 Å². The predicted octanol–water partition coefficient (Wildman–Crippen LogP) is 2.50. The van der Waals surface area contributed by atoms with Gasteiger partial charge in [-0.25, -0.2) is 4.98 Å². The second-order valence-corrected chi connectivity index (χ2v) is 5.07. The van der Waals surface area contributed by atoms with E-state index in [1.807, 2.05) is 6.92 Å². The molecule has 1 aromatic rings. The highest BCUT2D eigenvalue weighted by atomic mass is 79.9. The first-order valence-electron chi connectivity index (χ1n) is 5.40. The topological polar surface area (TPSA) is 34.9 Å². The molecular weight excluding hydrogens is 256 g/mol. The van der Waals surface area contributed by atoms with Crippen LogP contribution in [0.15, 0.2) is 15.5 Å². The predicted molar refractivity (Wildman–Crippen MR) is 62.9 cm³/mol. The Morgan fingerprint density at radius 1 is 1.53 bits per heavy atom. The van der Waals surface area contributed by atoms with Crippen LogP contribution in [0.3, 0.4) is 0 Å². The van der Waals surface area contributed by atoms with Crippen LogP contribution in [0, 0.1) is 12.8 Å². The average Bonchev–Trinajstić information content (AvgIpc) is 2.71. The maximum Gasteiger partial charge on any atom is 0.267 e. The SMILES string of the molecule is Cc1ncc(Br)c(=O)n1CC1CCCC1. The van der Waals surface area contributed by atoms with E-state index in [4.69, 9.17) is 0 Å². The number of aromatic nitrogens is 2. The van der Waals surface area contributed by atoms with Crippen LogP contribution < -0.4 is 5.56 Å². The third kappa shape index (κ3) is 2.30. The van der Waals surface area contributed by atoms with E-state index in [1.54, 1.807) is 10.8 Å². The Bertz CT molecular complexity index is 408. The van der Waals surface area contributed by atoms with E-state index in [0.29, 0.717) is 10.4 Å². The lowest BCUT2D eigenvalue weighted by Crippen LogP contribution is -2.26. The molecule has 82 valence electrons. The fourth-order valence-electron chi connectivity index (χ4n) is 2.22. The van der Waals surface area contributed by atoms with Gasteiger partial charge in [-0.15, -0.1) is 0 Å². The van der Waals surface area contributed by atoms with Crippen molar-refractivity contribution in [3.8, 4) is 0 Å². The molecule has 0 saturated heterocycles. The van der Waals surface area contributed by atoms with E-state index in [-0.39, 0.29) is 5.56 Å². The third-order valence-corrected chi connectivity index (χ3v) is 3.66. The van der Waals surface area contributed by atoms with Crippen molar-refractivity contribution in [2.75, 3.05) is 0 Å². The number of hydrogen-bond acceptors (Lipinski definition) is 2. The van der Waals surface area contributed by atoms with Gasteiger partial charge < -0.3 is 0 Å². The third-order valence-electron chi connectivity index (χ3n) is 3.12. The summed E-state index contributed by atoms with van der Waals surface area (Å²) in [5.74, 6) is 1.48. The van der Waals surface area contributed by atoms with Crippen molar-refractivity contribution in [1.82, 2.24) is 9.55 Å². The monoisotopic (exact) mass is 270 g/mol. The summed E-state index contributed by atoms with van der Waals surface area (Å²) < 4.78 is 2.35. The van der Waals surface area contributed by atoms with Gasteiger partial charge in [0.05, 0.1) is 0 Å². The Labute approximate surface area is 97.7 Å².